The lowest BCUT2D eigenvalue weighted by atomic mass is 9.89. The number of nitrogens with zero attached hydrogens (tertiary/aromatic N) is 1. The van der Waals surface area contributed by atoms with Crippen LogP contribution in [0.3, 0.4) is 0 Å². The van der Waals surface area contributed by atoms with Gasteiger partial charge in [0, 0.05) is 26.2 Å². The summed E-state index contributed by atoms with van der Waals surface area (Å²) in [7, 11) is 1.58. The summed E-state index contributed by atoms with van der Waals surface area (Å²) in [4.78, 5) is 36.4. The fraction of sp³-hybridized carbons (Fsp3) is 0.786. The quantitative estimate of drug-likeness (QED) is 0.675. The maximum Gasteiger partial charge on any atom is 0.317 e. The number of rotatable bonds is 6. The van der Waals surface area contributed by atoms with Crippen molar-refractivity contribution in [1.29, 1.82) is 0 Å². The normalized spacial score (nSPS) is 22.7. The number of amides is 3. The fourth-order valence-corrected chi connectivity index (χ4v) is 2.67. The van der Waals surface area contributed by atoms with E-state index in [4.69, 9.17) is 5.11 Å². The van der Waals surface area contributed by atoms with Gasteiger partial charge in [-0.3, -0.25) is 9.59 Å². The van der Waals surface area contributed by atoms with E-state index in [-0.39, 0.29) is 24.4 Å². The predicted octanol–water partition coefficient (Wildman–Crippen LogP) is 0.797. The molecular weight excluding hydrogens is 274 g/mol. The van der Waals surface area contributed by atoms with E-state index in [1.54, 1.807) is 11.9 Å². The average Bonchev–Trinajstić information content (AvgIpc) is 2.81. The molecule has 7 nitrogen and oxygen atoms in total. The van der Waals surface area contributed by atoms with Gasteiger partial charge in [0.1, 0.15) is 0 Å². The van der Waals surface area contributed by atoms with Crippen LogP contribution in [-0.2, 0) is 9.59 Å². The molecule has 1 heterocycles. The summed E-state index contributed by atoms with van der Waals surface area (Å²) < 4.78 is 0. The first-order chi connectivity index (χ1) is 9.82. The number of aliphatic carboxylic acids is 1. The van der Waals surface area contributed by atoms with E-state index in [2.05, 4.69) is 10.6 Å². The van der Waals surface area contributed by atoms with Crippen LogP contribution in [0.1, 0.15) is 39.5 Å². The predicted molar refractivity (Wildman–Crippen MR) is 77.8 cm³/mol. The minimum Gasteiger partial charge on any atom is -0.481 e. The molecule has 0 aromatic heterocycles. The third-order valence-corrected chi connectivity index (χ3v) is 3.92. The molecule has 2 unspecified atom stereocenters. The molecule has 0 aromatic carbocycles. The van der Waals surface area contributed by atoms with Crippen LogP contribution in [0.4, 0.5) is 4.79 Å². The Morgan fingerprint density at radius 3 is 2.57 bits per heavy atom. The van der Waals surface area contributed by atoms with Crippen molar-refractivity contribution in [2.75, 3.05) is 20.1 Å². The van der Waals surface area contributed by atoms with E-state index < -0.39 is 11.4 Å². The Kier molecular flexibility index (Phi) is 5.99. The number of carboxylic acid groups (broad SMARTS) is 1. The number of carbonyl (C=O) groups excluding carboxylic acids is 2. The molecule has 1 aliphatic rings. The van der Waals surface area contributed by atoms with Crippen molar-refractivity contribution >= 4 is 17.9 Å². The van der Waals surface area contributed by atoms with Crippen molar-refractivity contribution in [1.82, 2.24) is 15.5 Å². The number of carboxylic acids is 1. The Balaban J connectivity index is 2.59. The smallest absolute Gasteiger partial charge is 0.317 e. The highest BCUT2D eigenvalue weighted by molar-refractivity contribution is 5.84. The summed E-state index contributed by atoms with van der Waals surface area (Å²) in [5.74, 6) is -1.00. The summed E-state index contributed by atoms with van der Waals surface area (Å²) in [6, 6.07) is -0.658. The first kappa shape index (κ1) is 17.3. The number of hydrogen-bond donors (Lipinski definition) is 3. The van der Waals surface area contributed by atoms with Crippen LogP contribution >= 0.6 is 0 Å². The van der Waals surface area contributed by atoms with Gasteiger partial charge in [-0.1, -0.05) is 13.3 Å². The van der Waals surface area contributed by atoms with E-state index in [9.17, 15) is 14.4 Å². The lowest BCUT2D eigenvalue weighted by molar-refractivity contribution is -0.137. The zero-order chi connectivity index (χ0) is 16.0. The summed E-state index contributed by atoms with van der Waals surface area (Å²) in [6.07, 6.45) is 1.95. The van der Waals surface area contributed by atoms with Gasteiger partial charge in [-0.2, -0.15) is 0 Å². The molecule has 0 aromatic rings. The zero-order valence-electron chi connectivity index (χ0n) is 12.9. The number of carbonyl (C=O) groups is 3. The Bertz CT molecular complexity index is 413. The zero-order valence-corrected chi connectivity index (χ0v) is 12.9. The standard InChI is InChI=1S/C14H25N3O4/c1-4-5-10(8-11(18)19)16-13(21)17-7-6-14(2,9-17)12(20)15-3/h10H,4-9H2,1-3H3,(H,15,20)(H,16,21)(H,18,19). The van der Waals surface area contributed by atoms with Crippen molar-refractivity contribution in [2.45, 2.75) is 45.6 Å². The molecule has 3 amide bonds. The van der Waals surface area contributed by atoms with E-state index in [1.807, 2.05) is 13.8 Å². The maximum absolute atomic E-state index is 12.2. The molecule has 2 atom stereocenters. The number of likely N-dealkylation sites (tertiary alicyclic amines) is 1. The first-order valence-electron chi connectivity index (χ1n) is 7.31. The minimum absolute atomic E-state index is 0.0755. The van der Waals surface area contributed by atoms with Crippen LogP contribution < -0.4 is 10.6 Å². The van der Waals surface area contributed by atoms with E-state index in [1.165, 1.54) is 0 Å². The molecule has 0 saturated carbocycles. The summed E-state index contributed by atoms with van der Waals surface area (Å²) in [6.45, 7) is 4.63. The molecule has 1 aliphatic heterocycles. The van der Waals surface area contributed by atoms with Gasteiger partial charge in [-0.25, -0.2) is 4.79 Å². The fourth-order valence-electron chi connectivity index (χ4n) is 2.67. The lowest BCUT2D eigenvalue weighted by Gasteiger charge is -2.25. The average molecular weight is 299 g/mol. The summed E-state index contributed by atoms with van der Waals surface area (Å²) >= 11 is 0. The van der Waals surface area contributed by atoms with E-state index in [0.29, 0.717) is 25.9 Å². The largest absolute Gasteiger partial charge is 0.481 e. The molecule has 7 heteroatoms. The van der Waals surface area contributed by atoms with Gasteiger partial charge in [0.25, 0.3) is 0 Å². The highest BCUT2D eigenvalue weighted by Crippen LogP contribution is 2.30. The third kappa shape index (κ3) is 4.61. The van der Waals surface area contributed by atoms with Crippen LogP contribution in [0.2, 0.25) is 0 Å². The van der Waals surface area contributed by atoms with Gasteiger partial charge in [-0.05, 0) is 19.8 Å². The van der Waals surface area contributed by atoms with Crippen molar-refractivity contribution in [3.05, 3.63) is 0 Å². The molecule has 120 valence electrons. The van der Waals surface area contributed by atoms with Crippen LogP contribution in [0, 0.1) is 5.41 Å². The number of nitrogens with one attached hydrogen (secondary N) is 2. The van der Waals surface area contributed by atoms with Crippen molar-refractivity contribution in [2.24, 2.45) is 5.41 Å². The monoisotopic (exact) mass is 299 g/mol. The lowest BCUT2D eigenvalue weighted by Crippen LogP contribution is -2.46. The van der Waals surface area contributed by atoms with Crippen molar-refractivity contribution in [3.8, 4) is 0 Å². The van der Waals surface area contributed by atoms with E-state index in [0.717, 1.165) is 6.42 Å². The van der Waals surface area contributed by atoms with Gasteiger partial charge >= 0.3 is 12.0 Å². The molecule has 1 rings (SSSR count). The second-order valence-electron chi connectivity index (χ2n) is 5.84. The Morgan fingerprint density at radius 1 is 1.38 bits per heavy atom. The number of hydrogen-bond acceptors (Lipinski definition) is 3. The van der Waals surface area contributed by atoms with Crippen molar-refractivity contribution in [3.63, 3.8) is 0 Å². The second-order valence-corrected chi connectivity index (χ2v) is 5.84. The summed E-state index contributed by atoms with van der Waals surface area (Å²) in [5.41, 5.74) is -0.570. The molecule has 21 heavy (non-hydrogen) atoms. The molecule has 1 saturated heterocycles. The van der Waals surface area contributed by atoms with Gasteiger partial charge in [0.2, 0.25) is 5.91 Å². The molecule has 0 bridgehead atoms. The van der Waals surface area contributed by atoms with Crippen LogP contribution in [0.25, 0.3) is 0 Å². The Labute approximate surface area is 125 Å². The van der Waals surface area contributed by atoms with Crippen LogP contribution in [0.15, 0.2) is 0 Å². The molecule has 3 N–H and O–H groups in total. The molecule has 1 fully saturated rings. The highest BCUT2D eigenvalue weighted by atomic mass is 16.4. The Hall–Kier alpha value is -1.79. The molecule has 0 spiro atoms. The van der Waals surface area contributed by atoms with Gasteiger partial charge in [-0.15, -0.1) is 0 Å². The van der Waals surface area contributed by atoms with Crippen molar-refractivity contribution < 1.29 is 19.5 Å². The maximum atomic E-state index is 12.2. The minimum atomic E-state index is -0.926. The van der Waals surface area contributed by atoms with Gasteiger partial charge in [0.05, 0.1) is 11.8 Å². The first-order valence-corrected chi connectivity index (χ1v) is 7.31. The van der Waals surface area contributed by atoms with E-state index >= 15 is 0 Å². The molecule has 0 aliphatic carbocycles. The van der Waals surface area contributed by atoms with Crippen LogP contribution in [0.5, 0.6) is 0 Å². The van der Waals surface area contributed by atoms with Crippen LogP contribution in [-0.4, -0.2) is 54.1 Å². The summed E-state index contributed by atoms with van der Waals surface area (Å²) in [5, 5.41) is 14.2. The Morgan fingerprint density at radius 2 is 2.05 bits per heavy atom. The second kappa shape index (κ2) is 7.28. The van der Waals surface area contributed by atoms with Gasteiger partial charge < -0.3 is 20.6 Å². The van der Waals surface area contributed by atoms with Gasteiger partial charge in [0.15, 0.2) is 0 Å². The third-order valence-electron chi connectivity index (χ3n) is 3.92. The molecule has 0 radical (unpaired) electrons. The highest BCUT2D eigenvalue weighted by Gasteiger charge is 2.41. The molecular formula is C14H25N3O4. The SMILES string of the molecule is CCCC(CC(=O)O)NC(=O)N1CCC(C)(C(=O)NC)C1. The topological polar surface area (TPSA) is 98.7 Å². The number of urea groups is 1.